The third kappa shape index (κ3) is 3.62. The van der Waals surface area contributed by atoms with Crippen molar-refractivity contribution in [2.45, 2.75) is 18.3 Å². The highest BCUT2D eigenvalue weighted by atomic mass is 16.4. The average molecular weight is 156 g/mol. The predicted molar refractivity (Wildman–Crippen MR) is 38.7 cm³/mol. The van der Waals surface area contributed by atoms with Gasteiger partial charge in [-0.25, -0.2) is 0 Å². The zero-order valence-corrected chi connectivity index (χ0v) is 5.91. The number of hydrogen-bond donors (Lipinski definition) is 3. The first-order valence-corrected chi connectivity index (χ1v) is 2.95. The second kappa shape index (κ2) is 3.38. The van der Waals surface area contributed by atoms with Crippen LogP contribution in [-0.4, -0.2) is 30.3 Å². The highest BCUT2D eigenvalue weighted by Crippen LogP contribution is 2.04. The highest BCUT2D eigenvalue weighted by Gasteiger charge is 2.26. The van der Waals surface area contributed by atoms with Gasteiger partial charge in [0, 0.05) is 6.42 Å². The minimum absolute atomic E-state index is 0.126. The average Bonchev–Trinajstić information content (AvgIpc) is 1.84. The van der Waals surface area contributed by atoms with Gasteiger partial charge in [0.15, 0.2) is 0 Å². The van der Waals surface area contributed by atoms with E-state index in [1.807, 2.05) is 0 Å². The highest BCUT2D eigenvalue weighted by molar-refractivity contribution is 6.26. The van der Waals surface area contributed by atoms with Gasteiger partial charge in [0.25, 0.3) is 0 Å². The lowest BCUT2D eigenvalue weighted by Gasteiger charge is -2.17. The lowest BCUT2D eigenvalue weighted by Crippen LogP contribution is -2.49. The molecule has 0 saturated heterocycles. The molecule has 0 unspecified atom stereocenters. The Morgan fingerprint density at radius 1 is 1.55 bits per heavy atom. The summed E-state index contributed by atoms with van der Waals surface area (Å²) in [4.78, 5) is 20.4. The van der Waals surface area contributed by atoms with Crippen molar-refractivity contribution in [3.8, 4) is 0 Å². The van der Waals surface area contributed by atoms with E-state index in [-0.39, 0.29) is 12.8 Å². The van der Waals surface area contributed by atoms with Crippen LogP contribution in [0, 0.1) is 0 Å². The number of amides is 1. The van der Waals surface area contributed by atoms with Crippen molar-refractivity contribution in [1.82, 2.24) is 0 Å². The topological polar surface area (TPSA) is 106 Å². The maximum atomic E-state index is 10.2. The quantitative estimate of drug-likeness (QED) is 0.415. The molecular formula is C5H9BN2O3. The van der Waals surface area contributed by atoms with Crippen LogP contribution in [0.4, 0.5) is 0 Å². The lowest BCUT2D eigenvalue weighted by atomic mass is 9.75. The van der Waals surface area contributed by atoms with E-state index in [0.29, 0.717) is 0 Å². The summed E-state index contributed by atoms with van der Waals surface area (Å²) in [6.07, 6.45) is -0.281. The smallest absolute Gasteiger partial charge is 0.314 e. The van der Waals surface area contributed by atoms with Gasteiger partial charge in [-0.2, -0.15) is 0 Å². The summed E-state index contributed by atoms with van der Waals surface area (Å²) in [6.45, 7) is 0. The molecule has 0 aliphatic rings. The third-order valence-electron chi connectivity index (χ3n) is 1.18. The Morgan fingerprint density at radius 3 is 2.27 bits per heavy atom. The molecule has 0 spiro atoms. The summed E-state index contributed by atoms with van der Waals surface area (Å²) in [5.41, 5.74) is 7.98. The maximum absolute atomic E-state index is 10.2. The Balaban J connectivity index is 3.92. The standard InChI is InChI=1S/C5H9BN2O3/c6-5(8,4(10)11)2-1-3(7)9/h1-2,8H2,(H2,7,9)(H,10,11)/t5-/m0/s1. The minimum atomic E-state index is -1.85. The van der Waals surface area contributed by atoms with Crippen molar-refractivity contribution in [1.29, 1.82) is 0 Å². The fraction of sp³-hybridized carbons (Fsp3) is 0.600. The van der Waals surface area contributed by atoms with Gasteiger partial charge in [-0.1, -0.05) is 0 Å². The molecule has 0 fully saturated rings. The summed E-state index contributed by atoms with van der Waals surface area (Å²) in [5.74, 6) is -1.97. The van der Waals surface area contributed by atoms with Crippen molar-refractivity contribution < 1.29 is 14.7 Å². The lowest BCUT2D eigenvalue weighted by molar-refractivity contribution is -0.140. The van der Waals surface area contributed by atoms with E-state index >= 15 is 0 Å². The van der Waals surface area contributed by atoms with Crippen molar-refractivity contribution in [3.05, 3.63) is 0 Å². The van der Waals surface area contributed by atoms with E-state index in [2.05, 4.69) is 0 Å². The van der Waals surface area contributed by atoms with Crippen LogP contribution in [0.25, 0.3) is 0 Å². The minimum Gasteiger partial charge on any atom is -0.480 e. The number of aliphatic carboxylic acids is 1. The third-order valence-corrected chi connectivity index (χ3v) is 1.18. The summed E-state index contributed by atoms with van der Waals surface area (Å²) >= 11 is 0. The molecule has 0 aliphatic carbocycles. The molecule has 5 N–H and O–H groups in total. The second-order valence-corrected chi connectivity index (χ2v) is 2.31. The van der Waals surface area contributed by atoms with Gasteiger partial charge in [-0.3, -0.25) is 9.59 Å². The molecule has 0 bridgehead atoms. The van der Waals surface area contributed by atoms with Crippen LogP contribution >= 0.6 is 0 Å². The number of carbonyl (C=O) groups excluding carboxylic acids is 1. The number of rotatable bonds is 4. The van der Waals surface area contributed by atoms with Crippen molar-refractivity contribution in [3.63, 3.8) is 0 Å². The van der Waals surface area contributed by atoms with Crippen LogP contribution in [0.2, 0.25) is 0 Å². The van der Waals surface area contributed by atoms with Crippen molar-refractivity contribution in [2.24, 2.45) is 11.5 Å². The molecule has 0 aromatic heterocycles. The maximum Gasteiger partial charge on any atom is 0.314 e. The van der Waals surface area contributed by atoms with Gasteiger partial charge < -0.3 is 16.6 Å². The summed E-state index contributed by atoms with van der Waals surface area (Å²) in [5, 5.41) is 8.35. The zero-order chi connectivity index (χ0) is 9.07. The first-order chi connectivity index (χ1) is 4.86. The zero-order valence-electron chi connectivity index (χ0n) is 5.91. The number of nitrogens with two attached hydrogens (primary N) is 2. The molecule has 0 saturated carbocycles. The van der Waals surface area contributed by atoms with Crippen LogP contribution in [0.5, 0.6) is 0 Å². The Morgan fingerprint density at radius 2 is 2.00 bits per heavy atom. The summed E-state index contributed by atoms with van der Waals surface area (Å²) in [7, 11) is 5.08. The van der Waals surface area contributed by atoms with Crippen LogP contribution < -0.4 is 11.5 Å². The largest absolute Gasteiger partial charge is 0.480 e. The SMILES string of the molecule is [B][C@](N)(CCC(N)=O)C(=O)O. The molecule has 6 heteroatoms. The molecular weight excluding hydrogens is 147 g/mol. The van der Waals surface area contributed by atoms with Gasteiger partial charge in [0.1, 0.15) is 7.85 Å². The molecule has 5 nitrogen and oxygen atoms in total. The molecule has 0 heterocycles. The first kappa shape index (κ1) is 9.96. The van der Waals surface area contributed by atoms with E-state index in [1.54, 1.807) is 0 Å². The van der Waals surface area contributed by atoms with E-state index in [4.69, 9.17) is 24.4 Å². The molecule has 60 valence electrons. The molecule has 0 aromatic rings. The normalized spacial score (nSPS) is 15.4. The number of primary amides is 1. The molecule has 2 radical (unpaired) electrons. The fourth-order valence-electron chi connectivity index (χ4n) is 0.437. The van der Waals surface area contributed by atoms with E-state index in [0.717, 1.165) is 0 Å². The molecule has 11 heavy (non-hydrogen) atoms. The predicted octanol–water partition coefficient (Wildman–Crippen LogP) is -1.84. The summed E-state index contributed by atoms with van der Waals surface area (Å²) in [6, 6.07) is 0. The van der Waals surface area contributed by atoms with Crippen LogP contribution in [0.3, 0.4) is 0 Å². The molecule has 0 rings (SSSR count). The first-order valence-electron chi connectivity index (χ1n) is 2.95. The van der Waals surface area contributed by atoms with Crippen LogP contribution in [-0.2, 0) is 9.59 Å². The fourth-order valence-corrected chi connectivity index (χ4v) is 0.437. The molecule has 1 atom stereocenters. The van der Waals surface area contributed by atoms with Crippen molar-refractivity contribution in [2.75, 3.05) is 0 Å². The number of carboxylic acid groups (broad SMARTS) is 1. The van der Waals surface area contributed by atoms with Crippen LogP contribution in [0.1, 0.15) is 12.8 Å². The number of carboxylic acids is 1. The van der Waals surface area contributed by atoms with E-state index in [1.165, 1.54) is 0 Å². The van der Waals surface area contributed by atoms with Gasteiger partial charge in [-0.15, -0.1) is 0 Å². The van der Waals surface area contributed by atoms with Crippen molar-refractivity contribution >= 4 is 19.7 Å². The van der Waals surface area contributed by atoms with E-state index < -0.39 is 17.3 Å². The molecule has 0 aliphatic heterocycles. The van der Waals surface area contributed by atoms with Gasteiger partial charge in [-0.05, 0) is 6.42 Å². The van der Waals surface area contributed by atoms with Gasteiger partial charge in [0.2, 0.25) is 5.91 Å². The summed E-state index contributed by atoms with van der Waals surface area (Å²) < 4.78 is 0. The monoisotopic (exact) mass is 156 g/mol. The van der Waals surface area contributed by atoms with E-state index in [9.17, 15) is 9.59 Å². The number of carbonyl (C=O) groups is 2. The molecule has 1 amide bonds. The van der Waals surface area contributed by atoms with Crippen LogP contribution in [0.15, 0.2) is 0 Å². The Kier molecular flexibility index (Phi) is 3.07. The molecule has 0 aromatic carbocycles. The number of hydrogen-bond acceptors (Lipinski definition) is 3. The van der Waals surface area contributed by atoms with Gasteiger partial charge in [0.05, 0.1) is 5.44 Å². The Bertz CT molecular complexity index is 181. The van der Waals surface area contributed by atoms with Gasteiger partial charge >= 0.3 is 5.97 Å². The Hall–Kier alpha value is -1.04. The second-order valence-electron chi connectivity index (χ2n) is 2.31. The Labute approximate surface area is 65.1 Å².